The normalized spacial score (nSPS) is 15.9. The second kappa shape index (κ2) is 7.91. The lowest BCUT2D eigenvalue weighted by Crippen LogP contribution is -2.36. The first-order chi connectivity index (χ1) is 11.3. The highest BCUT2D eigenvalue weighted by molar-refractivity contribution is 8.01. The van der Waals surface area contributed by atoms with Gasteiger partial charge in [-0.25, -0.2) is 0 Å². The van der Waals surface area contributed by atoms with E-state index in [0.717, 1.165) is 18.8 Å². The standard InChI is InChI=1S/C18H25N3O2S/c1-18(2,3)24-12-17(23)20-14-4-5-16(13(10-14)11-19)21-8-6-15(22)7-9-21/h4-5,10,15,22H,6-9,12H2,1-3H3,(H,20,23). The second-order valence-electron chi connectivity index (χ2n) is 7.01. The van der Waals surface area contributed by atoms with Crippen molar-refractivity contribution in [3.8, 4) is 6.07 Å². The van der Waals surface area contributed by atoms with E-state index >= 15 is 0 Å². The van der Waals surface area contributed by atoms with E-state index in [9.17, 15) is 15.2 Å². The molecule has 1 heterocycles. The Kier molecular flexibility index (Phi) is 6.14. The highest BCUT2D eigenvalue weighted by atomic mass is 32.2. The van der Waals surface area contributed by atoms with Crippen LogP contribution in [0.1, 0.15) is 39.2 Å². The largest absolute Gasteiger partial charge is 0.393 e. The number of hydrogen-bond acceptors (Lipinski definition) is 5. The summed E-state index contributed by atoms with van der Waals surface area (Å²) in [5, 5.41) is 21.9. The van der Waals surface area contributed by atoms with Gasteiger partial charge in [-0.2, -0.15) is 5.26 Å². The summed E-state index contributed by atoms with van der Waals surface area (Å²) >= 11 is 1.59. The Morgan fingerprint density at radius 2 is 2.08 bits per heavy atom. The number of anilines is 2. The van der Waals surface area contributed by atoms with Crippen molar-refractivity contribution in [1.29, 1.82) is 5.26 Å². The molecule has 0 bridgehead atoms. The quantitative estimate of drug-likeness (QED) is 0.876. The number of hydrogen-bond donors (Lipinski definition) is 2. The van der Waals surface area contributed by atoms with E-state index in [0.29, 0.717) is 29.8 Å². The average molecular weight is 347 g/mol. The van der Waals surface area contributed by atoms with Crippen molar-refractivity contribution in [1.82, 2.24) is 0 Å². The van der Waals surface area contributed by atoms with Crippen LogP contribution >= 0.6 is 11.8 Å². The highest BCUT2D eigenvalue weighted by Gasteiger charge is 2.20. The van der Waals surface area contributed by atoms with E-state index in [2.05, 4.69) is 37.1 Å². The molecule has 24 heavy (non-hydrogen) atoms. The molecule has 1 saturated heterocycles. The molecule has 1 aromatic carbocycles. The van der Waals surface area contributed by atoms with Crippen LogP contribution in [0.25, 0.3) is 0 Å². The van der Waals surface area contributed by atoms with Crippen LogP contribution in [0, 0.1) is 11.3 Å². The monoisotopic (exact) mass is 347 g/mol. The van der Waals surface area contributed by atoms with Crippen LogP contribution in [0.3, 0.4) is 0 Å². The van der Waals surface area contributed by atoms with Gasteiger partial charge >= 0.3 is 0 Å². The summed E-state index contributed by atoms with van der Waals surface area (Å²) in [6.07, 6.45) is 1.19. The van der Waals surface area contributed by atoms with Gasteiger partial charge in [0.2, 0.25) is 5.91 Å². The Morgan fingerprint density at radius 3 is 2.67 bits per heavy atom. The molecule has 0 unspecified atom stereocenters. The predicted octanol–water partition coefficient (Wildman–Crippen LogP) is 2.99. The molecule has 1 aliphatic rings. The summed E-state index contributed by atoms with van der Waals surface area (Å²) in [5.74, 6) is 0.324. The minimum Gasteiger partial charge on any atom is -0.393 e. The van der Waals surface area contributed by atoms with E-state index in [1.807, 2.05) is 12.1 Å². The maximum Gasteiger partial charge on any atom is 0.234 e. The number of benzene rings is 1. The number of nitrogens with zero attached hydrogens (tertiary/aromatic N) is 2. The topological polar surface area (TPSA) is 76.4 Å². The van der Waals surface area contributed by atoms with Crippen LogP contribution in [0.15, 0.2) is 18.2 Å². The molecule has 2 N–H and O–H groups in total. The SMILES string of the molecule is CC(C)(C)SCC(=O)Nc1ccc(N2CCC(O)CC2)c(C#N)c1. The molecular formula is C18H25N3O2S. The number of carbonyl (C=O) groups excluding carboxylic acids is 1. The number of piperidine rings is 1. The fourth-order valence-electron chi connectivity index (χ4n) is 2.56. The van der Waals surface area contributed by atoms with Crippen molar-refractivity contribution in [2.75, 3.05) is 29.1 Å². The molecule has 1 aliphatic heterocycles. The van der Waals surface area contributed by atoms with Crippen LogP contribution in [0.5, 0.6) is 0 Å². The lowest BCUT2D eigenvalue weighted by Gasteiger charge is -2.32. The summed E-state index contributed by atoms with van der Waals surface area (Å²) in [6.45, 7) is 7.70. The number of carbonyl (C=O) groups is 1. The van der Waals surface area contributed by atoms with Crippen LogP contribution in [0.4, 0.5) is 11.4 Å². The number of nitriles is 1. The minimum absolute atomic E-state index is 0.0395. The number of rotatable bonds is 4. The molecule has 0 spiro atoms. The number of aliphatic hydroxyl groups is 1. The van der Waals surface area contributed by atoms with Crippen molar-refractivity contribution in [2.45, 2.75) is 44.5 Å². The van der Waals surface area contributed by atoms with Gasteiger partial charge in [0.15, 0.2) is 0 Å². The third kappa shape index (κ3) is 5.43. The lowest BCUT2D eigenvalue weighted by molar-refractivity contribution is -0.113. The predicted molar refractivity (Wildman–Crippen MR) is 99.5 cm³/mol. The second-order valence-corrected chi connectivity index (χ2v) is 8.81. The van der Waals surface area contributed by atoms with E-state index in [-0.39, 0.29) is 16.8 Å². The van der Waals surface area contributed by atoms with E-state index in [4.69, 9.17) is 0 Å². The van der Waals surface area contributed by atoms with Gasteiger partial charge in [-0.1, -0.05) is 20.8 Å². The average Bonchev–Trinajstić information content (AvgIpc) is 2.53. The maximum atomic E-state index is 12.0. The van der Waals surface area contributed by atoms with Crippen molar-refractivity contribution in [2.24, 2.45) is 0 Å². The van der Waals surface area contributed by atoms with Gasteiger partial charge < -0.3 is 15.3 Å². The third-order valence-corrected chi connectivity index (χ3v) is 5.11. The van der Waals surface area contributed by atoms with Crippen molar-refractivity contribution < 1.29 is 9.90 Å². The van der Waals surface area contributed by atoms with Gasteiger partial charge in [-0.3, -0.25) is 4.79 Å². The zero-order valence-electron chi connectivity index (χ0n) is 14.5. The summed E-state index contributed by atoms with van der Waals surface area (Å²) in [6, 6.07) is 7.65. The third-order valence-electron chi connectivity index (χ3n) is 3.84. The zero-order chi connectivity index (χ0) is 17.7. The van der Waals surface area contributed by atoms with Crippen molar-refractivity contribution in [3.05, 3.63) is 23.8 Å². The molecule has 1 fully saturated rings. The number of thioether (sulfide) groups is 1. The molecule has 6 heteroatoms. The number of aliphatic hydroxyl groups excluding tert-OH is 1. The summed E-state index contributed by atoms with van der Waals surface area (Å²) in [4.78, 5) is 14.1. The fraction of sp³-hybridized carbons (Fsp3) is 0.556. The number of nitrogens with one attached hydrogen (secondary N) is 1. The zero-order valence-corrected chi connectivity index (χ0v) is 15.3. The molecule has 0 aromatic heterocycles. The van der Waals surface area contributed by atoms with Crippen LogP contribution in [-0.2, 0) is 4.79 Å². The summed E-state index contributed by atoms with van der Waals surface area (Å²) < 4.78 is 0.0395. The molecule has 0 saturated carbocycles. The first kappa shape index (κ1) is 18.6. The van der Waals surface area contributed by atoms with Crippen LogP contribution < -0.4 is 10.2 Å². The first-order valence-electron chi connectivity index (χ1n) is 8.19. The molecule has 0 atom stereocenters. The molecule has 1 amide bonds. The Bertz CT molecular complexity index is 626. The maximum absolute atomic E-state index is 12.0. The van der Waals surface area contributed by atoms with E-state index in [1.165, 1.54) is 0 Å². The Labute approximate surface area is 148 Å². The first-order valence-corrected chi connectivity index (χ1v) is 9.18. The van der Waals surface area contributed by atoms with Crippen molar-refractivity contribution in [3.63, 3.8) is 0 Å². The highest BCUT2D eigenvalue weighted by Crippen LogP contribution is 2.27. The van der Waals surface area contributed by atoms with E-state index < -0.39 is 0 Å². The van der Waals surface area contributed by atoms with Crippen LogP contribution in [0.2, 0.25) is 0 Å². The summed E-state index contributed by atoms with van der Waals surface area (Å²) in [7, 11) is 0. The van der Waals surface area contributed by atoms with Gasteiger partial charge in [-0.15, -0.1) is 11.8 Å². The molecule has 1 aromatic rings. The minimum atomic E-state index is -0.245. The van der Waals surface area contributed by atoms with Gasteiger partial charge in [0.25, 0.3) is 0 Å². The molecule has 5 nitrogen and oxygen atoms in total. The fourth-order valence-corrected chi connectivity index (χ4v) is 3.20. The Hall–Kier alpha value is -1.71. The molecule has 130 valence electrons. The molecule has 0 aliphatic carbocycles. The van der Waals surface area contributed by atoms with Crippen molar-refractivity contribution >= 4 is 29.0 Å². The van der Waals surface area contributed by atoms with Gasteiger partial charge in [0, 0.05) is 23.5 Å². The van der Waals surface area contributed by atoms with Gasteiger partial charge in [0.1, 0.15) is 6.07 Å². The molecule has 2 rings (SSSR count). The Morgan fingerprint density at radius 1 is 1.42 bits per heavy atom. The number of amides is 1. The summed E-state index contributed by atoms with van der Waals surface area (Å²) in [5.41, 5.74) is 2.06. The lowest BCUT2D eigenvalue weighted by atomic mass is 10.0. The smallest absolute Gasteiger partial charge is 0.234 e. The van der Waals surface area contributed by atoms with E-state index in [1.54, 1.807) is 17.8 Å². The molecule has 0 radical (unpaired) electrons. The van der Waals surface area contributed by atoms with Crippen LogP contribution in [-0.4, -0.2) is 40.7 Å². The Balaban J connectivity index is 2.03. The van der Waals surface area contributed by atoms with Gasteiger partial charge in [0.05, 0.1) is 23.1 Å². The van der Waals surface area contributed by atoms with Gasteiger partial charge in [-0.05, 0) is 31.0 Å². The molecular weight excluding hydrogens is 322 g/mol.